The number of halogens is 2. The SMILES string of the molecule is Cc1sc2ncnc(Nc3ccc(F)cc3Cl)c2c1S(=O)(=O)N1CCC(C)CC1. The Balaban J connectivity index is 1.82. The van der Waals surface area contributed by atoms with E-state index in [2.05, 4.69) is 22.2 Å². The van der Waals surface area contributed by atoms with Crippen LogP contribution in [0.1, 0.15) is 24.6 Å². The minimum atomic E-state index is -3.70. The predicted octanol–water partition coefficient (Wildman–Crippen LogP) is 4.96. The summed E-state index contributed by atoms with van der Waals surface area (Å²) in [6.45, 7) is 4.92. The predicted molar refractivity (Wildman–Crippen MR) is 114 cm³/mol. The van der Waals surface area contributed by atoms with E-state index in [-0.39, 0.29) is 9.92 Å². The lowest BCUT2D eigenvalue weighted by molar-refractivity contribution is 0.288. The number of aromatic nitrogens is 2. The Labute approximate surface area is 177 Å². The normalized spacial score (nSPS) is 16.4. The van der Waals surface area contributed by atoms with Crippen molar-refractivity contribution in [1.82, 2.24) is 14.3 Å². The third-order valence-corrected chi connectivity index (χ3v) is 8.66. The number of piperidine rings is 1. The monoisotopic (exact) mass is 454 g/mol. The molecular formula is C19H20ClFN4O2S2. The first kappa shape index (κ1) is 20.5. The number of nitrogens with zero attached hydrogens (tertiary/aromatic N) is 3. The molecule has 1 fully saturated rings. The highest BCUT2D eigenvalue weighted by molar-refractivity contribution is 7.89. The smallest absolute Gasteiger partial charge is 0.244 e. The molecule has 0 atom stereocenters. The molecule has 0 aliphatic carbocycles. The van der Waals surface area contributed by atoms with Crippen molar-refractivity contribution in [3.8, 4) is 0 Å². The minimum absolute atomic E-state index is 0.179. The van der Waals surface area contributed by atoms with Crippen LogP contribution < -0.4 is 5.32 Å². The van der Waals surface area contributed by atoms with Gasteiger partial charge in [0.1, 0.15) is 27.7 Å². The first-order valence-corrected chi connectivity index (χ1v) is 11.9. The molecule has 1 saturated heterocycles. The van der Waals surface area contributed by atoms with Crippen LogP contribution in [0.3, 0.4) is 0 Å². The summed E-state index contributed by atoms with van der Waals surface area (Å²) in [5.74, 6) is 0.391. The van der Waals surface area contributed by atoms with Gasteiger partial charge < -0.3 is 5.32 Å². The molecule has 1 aliphatic heterocycles. The maximum absolute atomic E-state index is 13.5. The van der Waals surface area contributed by atoms with E-state index in [1.807, 2.05) is 0 Å². The number of thiophene rings is 1. The van der Waals surface area contributed by atoms with E-state index in [4.69, 9.17) is 11.6 Å². The van der Waals surface area contributed by atoms with Gasteiger partial charge in [0.25, 0.3) is 0 Å². The molecule has 0 bridgehead atoms. The van der Waals surface area contributed by atoms with Gasteiger partial charge in [0, 0.05) is 18.0 Å². The number of rotatable bonds is 4. The van der Waals surface area contributed by atoms with Crippen molar-refractivity contribution in [2.24, 2.45) is 5.92 Å². The third kappa shape index (κ3) is 3.84. The molecule has 1 aromatic carbocycles. The first-order chi connectivity index (χ1) is 13.8. The molecule has 0 radical (unpaired) electrons. The van der Waals surface area contributed by atoms with Gasteiger partial charge in [-0.05, 0) is 43.9 Å². The molecule has 10 heteroatoms. The Morgan fingerprint density at radius 2 is 2.00 bits per heavy atom. The number of hydrogen-bond acceptors (Lipinski definition) is 6. The van der Waals surface area contributed by atoms with Crippen molar-refractivity contribution in [2.75, 3.05) is 18.4 Å². The van der Waals surface area contributed by atoms with Crippen LogP contribution in [0.2, 0.25) is 5.02 Å². The molecule has 1 aliphatic rings. The largest absolute Gasteiger partial charge is 0.338 e. The summed E-state index contributed by atoms with van der Waals surface area (Å²) >= 11 is 7.44. The Morgan fingerprint density at radius 1 is 1.28 bits per heavy atom. The Hall–Kier alpha value is -1.81. The molecule has 29 heavy (non-hydrogen) atoms. The van der Waals surface area contributed by atoms with Crippen molar-refractivity contribution in [2.45, 2.75) is 31.6 Å². The molecule has 6 nitrogen and oxygen atoms in total. The summed E-state index contributed by atoms with van der Waals surface area (Å²) in [4.78, 5) is 9.98. The van der Waals surface area contributed by atoms with Crippen LogP contribution >= 0.6 is 22.9 Å². The number of hydrogen-bond donors (Lipinski definition) is 1. The second-order valence-corrected chi connectivity index (χ2v) is 10.7. The minimum Gasteiger partial charge on any atom is -0.338 e. The molecule has 154 valence electrons. The van der Waals surface area contributed by atoms with E-state index >= 15 is 0 Å². The fraction of sp³-hybridized carbons (Fsp3) is 0.368. The van der Waals surface area contributed by atoms with Gasteiger partial charge in [-0.15, -0.1) is 11.3 Å². The average molecular weight is 455 g/mol. The molecule has 3 aromatic rings. The molecule has 0 spiro atoms. The lowest BCUT2D eigenvalue weighted by Gasteiger charge is -2.29. The molecular weight excluding hydrogens is 435 g/mol. The first-order valence-electron chi connectivity index (χ1n) is 9.23. The van der Waals surface area contributed by atoms with Crippen molar-refractivity contribution < 1.29 is 12.8 Å². The Kier molecular flexibility index (Phi) is 5.50. The van der Waals surface area contributed by atoms with E-state index in [0.717, 1.165) is 12.8 Å². The molecule has 4 rings (SSSR count). The number of nitrogens with one attached hydrogen (secondary N) is 1. The van der Waals surface area contributed by atoms with Gasteiger partial charge in [0.05, 0.1) is 16.1 Å². The highest BCUT2D eigenvalue weighted by Gasteiger charge is 2.33. The molecule has 0 unspecified atom stereocenters. The zero-order valence-corrected chi connectivity index (χ0v) is 18.3. The van der Waals surface area contributed by atoms with Crippen LogP contribution in [0.15, 0.2) is 29.4 Å². The van der Waals surface area contributed by atoms with Crippen molar-refractivity contribution >= 4 is 54.7 Å². The van der Waals surface area contributed by atoms with Crippen LogP contribution in [0.5, 0.6) is 0 Å². The number of benzene rings is 1. The lowest BCUT2D eigenvalue weighted by Crippen LogP contribution is -2.38. The summed E-state index contributed by atoms with van der Waals surface area (Å²) < 4.78 is 41.9. The number of anilines is 2. The van der Waals surface area contributed by atoms with Gasteiger partial charge in [-0.25, -0.2) is 22.8 Å². The highest BCUT2D eigenvalue weighted by Crippen LogP contribution is 2.40. The van der Waals surface area contributed by atoms with Gasteiger partial charge in [-0.1, -0.05) is 18.5 Å². The standard InChI is InChI=1S/C19H20ClFN4O2S2/c1-11-5-7-25(8-6-11)29(26,27)17-12(2)28-19-16(17)18(22-10-23-19)24-15-4-3-13(21)9-14(15)20/h3-4,9-11H,5-8H2,1-2H3,(H,22,23,24). The number of sulfonamides is 1. The summed E-state index contributed by atoms with van der Waals surface area (Å²) in [7, 11) is -3.70. The highest BCUT2D eigenvalue weighted by atomic mass is 35.5. The molecule has 3 heterocycles. The lowest BCUT2D eigenvalue weighted by atomic mass is 10.0. The topological polar surface area (TPSA) is 75.2 Å². The molecule has 2 aromatic heterocycles. The van der Waals surface area contributed by atoms with Crippen LogP contribution in [-0.4, -0.2) is 35.8 Å². The maximum Gasteiger partial charge on any atom is 0.244 e. The van der Waals surface area contributed by atoms with E-state index < -0.39 is 15.8 Å². The van der Waals surface area contributed by atoms with Crippen molar-refractivity contribution in [1.29, 1.82) is 0 Å². The summed E-state index contributed by atoms with van der Waals surface area (Å²) in [6, 6.07) is 3.96. The maximum atomic E-state index is 13.5. The Morgan fingerprint density at radius 3 is 2.69 bits per heavy atom. The van der Waals surface area contributed by atoms with Gasteiger partial charge in [-0.2, -0.15) is 4.31 Å². The van der Waals surface area contributed by atoms with Crippen LogP contribution in [0.4, 0.5) is 15.9 Å². The molecule has 0 saturated carbocycles. The quantitative estimate of drug-likeness (QED) is 0.603. The fourth-order valence-corrected chi connectivity index (χ4v) is 6.87. The van der Waals surface area contributed by atoms with Gasteiger partial charge >= 0.3 is 0 Å². The van der Waals surface area contributed by atoms with Gasteiger partial charge in [0.15, 0.2) is 0 Å². The van der Waals surface area contributed by atoms with Crippen molar-refractivity contribution in [3.63, 3.8) is 0 Å². The van der Waals surface area contributed by atoms with E-state index in [1.165, 1.54) is 35.9 Å². The Bertz CT molecular complexity index is 1170. The molecule has 0 amide bonds. The molecule has 1 N–H and O–H groups in total. The number of aryl methyl sites for hydroxylation is 1. The zero-order chi connectivity index (χ0) is 20.8. The zero-order valence-electron chi connectivity index (χ0n) is 15.9. The summed E-state index contributed by atoms with van der Waals surface area (Å²) in [5.41, 5.74) is 0.437. The van der Waals surface area contributed by atoms with Crippen LogP contribution in [-0.2, 0) is 10.0 Å². The van der Waals surface area contributed by atoms with E-state index in [0.29, 0.717) is 45.6 Å². The second kappa shape index (κ2) is 7.79. The van der Waals surface area contributed by atoms with Crippen molar-refractivity contribution in [3.05, 3.63) is 40.2 Å². The fourth-order valence-electron chi connectivity index (χ4n) is 3.50. The van der Waals surface area contributed by atoms with Gasteiger partial charge in [0.2, 0.25) is 10.0 Å². The van der Waals surface area contributed by atoms with E-state index in [1.54, 1.807) is 11.2 Å². The van der Waals surface area contributed by atoms with Crippen LogP contribution in [0, 0.1) is 18.7 Å². The third-order valence-electron chi connectivity index (χ3n) is 5.13. The van der Waals surface area contributed by atoms with Crippen LogP contribution in [0.25, 0.3) is 10.2 Å². The summed E-state index contributed by atoms with van der Waals surface area (Å²) in [5, 5.41) is 3.67. The van der Waals surface area contributed by atoms with E-state index in [9.17, 15) is 12.8 Å². The number of fused-ring (bicyclic) bond motifs is 1. The second-order valence-electron chi connectivity index (χ2n) is 7.23. The summed E-state index contributed by atoms with van der Waals surface area (Å²) in [6.07, 6.45) is 3.05. The van der Waals surface area contributed by atoms with Gasteiger partial charge in [-0.3, -0.25) is 0 Å². The average Bonchev–Trinajstić information content (AvgIpc) is 3.02.